The molecule has 0 amide bonds. The third-order valence-corrected chi connectivity index (χ3v) is 5.66. The Labute approximate surface area is 181 Å². The van der Waals surface area contributed by atoms with Crippen LogP contribution in [-0.4, -0.2) is 45.8 Å². The van der Waals surface area contributed by atoms with Gasteiger partial charge in [0.05, 0.1) is 10.9 Å². The number of halogens is 2. The summed E-state index contributed by atoms with van der Waals surface area (Å²) in [5, 5.41) is 11.8. The molecule has 144 valence electrons. The van der Waals surface area contributed by atoms with E-state index >= 15 is 0 Å². The summed E-state index contributed by atoms with van der Waals surface area (Å²) < 4.78 is 3.06. The maximum Gasteiger partial charge on any atom is 0.193 e. The SMILES string of the molecule is CCNC(=NCC1CCc2nnc(C)n2C1)N(C)Cc1ccc(Cl)s1.I. The second-order valence-electron chi connectivity index (χ2n) is 6.44. The van der Waals surface area contributed by atoms with Gasteiger partial charge in [0.1, 0.15) is 11.6 Å². The molecule has 9 heteroatoms. The van der Waals surface area contributed by atoms with Gasteiger partial charge in [0.25, 0.3) is 0 Å². The van der Waals surface area contributed by atoms with Gasteiger partial charge >= 0.3 is 0 Å². The maximum absolute atomic E-state index is 6.03. The lowest BCUT2D eigenvalue weighted by atomic mass is 9.99. The van der Waals surface area contributed by atoms with Gasteiger partial charge in [-0.05, 0) is 38.3 Å². The van der Waals surface area contributed by atoms with Crippen LogP contribution >= 0.6 is 46.9 Å². The van der Waals surface area contributed by atoms with E-state index in [1.807, 2.05) is 13.0 Å². The second kappa shape index (κ2) is 9.89. The van der Waals surface area contributed by atoms with E-state index in [2.05, 4.69) is 45.0 Å². The number of aliphatic imine (C=N–C) groups is 1. The first-order valence-electron chi connectivity index (χ1n) is 8.69. The van der Waals surface area contributed by atoms with E-state index in [1.165, 1.54) is 4.88 Å². The van der Waals surface area contributed by atoms with E-state index in [-0.39, 0.29) is 24.0 Å². The minimum Gasteiger partial charge on any atom is -0.357 e. The first-order valence-corrected chi connectivity index (χ1v) is 9.88. The highest BCUT2D eigenvalue weighted by Gasteiger charge is 2.21. The van der Waals surface area contributed by atoms with Crippen LogP contribution in [0.25, 0.3) is 0 Å². The zero-order valence-corrected chi connectivity index (χ0v) is 19.3. The van der Waals surface area contributed by atoms with Crippen LogP contribution < -0.4 is 5.32 Å². The molecule has 1 atom stereocenters. The van der Waals surface area contributed by atoms with Crippen molar-refractivity contribution in [2.75, 3.05) is 20.1 Å². The van der Waals surface area contributed by atoms with Gasteiger partial charge in [-0.1, -0.05) is 11.6 Å². The highest BCUT2D eigenvalue weighted by atomic mass is 127. The summed E-state index contributed by atoms with van der Waals surface area (Å²) in [5.41, 5.74) is 0. The van der Waals surface area contributed by atoms with Crippen molar-refractivity contribution in [1.82, 2.24) is 25.0 Å². The molecule has 2 aromatic rings. The quantitative estimate of drug-likeness (QED) is 0.381. The zero-order chi connectivity index (χ0) is 17.8. The molecule has 1 N–H and O–H groups in total. The summed E-state index contributed by atoms with van der Waals surface area (Å²) in [6.07, 6.45) is 2.10. The van der Waals surface area contributed by atoms with Gasteiger partial charge in [0.15, 0.2) is 5.96 Å². The molecule has 1 unspecified atom stereocenters. The number of rotatable bonds is 5. The highest BCUT2D eigenvalue weighted by molar-refractivity contribution is 14.0. The molecule has 2 aromatic heterocycles. The summed E-state index contributed by atoms with van der Waals surface area (Å²) in [6.45, 7) is 7.55. The molecule has 3 rings (SSSR count). The van der Waals surface area contributed by atoms with Crippen LogP contribution in [0.4, 0.5) is 0 Å². The Hall–Kier alpha value is -0.870. The van der Waals surface area contributed by atoms with Crippen molar-refractivity contribution in [3.8, 4) is 0 Å². The van der Waals surface area contributed by atoms with Crippen LogP contribution in [-0.2, 0) is 19.5 Å². The van der Waals surface area contributed by atoms with Gasteiger partial charge in [-0.3, -0.25) is 4.99 Å². The molecule has 0 fully saturated rings. The first kappa shape index (κ1) is 21.4. The average molecular weight is 509 g/mol. The predicted octanol–water partition coefficient (Wildman–Crippen LogP) is 3.58. The number of thiophene rings is 1. The third kappa shape index (κ3) is 5.32. The highest BCUT2D eigenvalue weighted by Crippen LogP contribution is 2.23. The molecule has 0 radical (unpaired) electrons. The predicted molar refractivity (Wildman–Crippen MR) is 119 cm³/mol. The van der Waals surface area contributed by atoms with Crippen LogP contribution in [0, 0.1) is 12.8 Å². The van der Waals surface area contributed by atoms with E-state index in [9.17, 15) is 0 Å². The normalized spacial score (nSPS) is 16.8. The first-order chi connectivity index (χ1) is 12.1. The average Bonchev–Trinajstić information content (AvgIpc) is 3.17. The number of nitrogens with one attached hydrogen (secondary N) is 1. The maximum atomic E-state index is 6.03. The lowest BCUT2D eigenvalue weighted by Gasteiger charge is -2.25. The Morgan fingerprint density at radius 2 is 2.27 bits per heavy atom. The molecule has 6 nitrogen and oxygen atoms in total. The van der Waals surface area contributed by atoms with Crippen molar-refractivity contribution in [3.05, 3.63) is 33.0 Å². The van der Waals surface area contributed by atoms with E-state index in [0.29, 0.717) is 5.92 Å². The van der Waals surface area contributed by atoms with Gasteiger partial charge in [-0.25, -0.2) is 0 Å². The molecule has 0 aromatic carbocycles. The van der Waals surface area contributed by atoms with Crippen molar-refractivity contribution in [2.45, 2.75) is 39.8 Å². The van der Waals surface area contributed by atoms with E-state index < -0.39 is 0 Å². The van der Waals surface area contributed by atoms with Gasteiger partial charge in [0, 0.05) is 38.0 Å². The molecular weight excluding hydrogens is 483 g/mol. The fourth-order valence-corrected chi connectivity index (χ4v) is 4.25. The Bertz CT molecular complexity index is 743. The van der Waals surface area contributed by atoms with Crippen LogP contribution in [0.15, 0.2) is 17.1 Å². The Kier molecular flexibility index (Phi) is 8.15. The number of guanidine groups is 1. The lowest BCUT2D eigenvalue weighted by molar-refractivity contribution is 0.367. The number of hydrogen-bond acceptors (Lipinski definition) is 4. The molecule has 3 heterocycles. The van der Waals surface area contributed by atoms with Crippen LogP contribution in [0.5, 0.6) is 0 Å². The molecule has 1 aliphatic heterocycles. The molecule has 0 spiro atoms. The van der Waals surface area contributed by atoms with Crippen molar-refractivity contribution in [1.29, 1.82) is 0 Å². The second-order valence-corrected chi connectivity index (χ2v) is 8.23. The molecule has 0 saturated heterocycles. The number of aryl methyl sites for hydroxylation is 2. The van der Waals surface area contributed by atoms with Crippen molar-refractivity contribution < 1.29 is 0 Å². The summed E-state index contributed by atoms with van der Waals surface area (Å²) >= 11 is 7.65. The van der Waals surface area contributed by atoms with Gasteiger partial charge < -0.3 is 14.8 Å². The van der Waals surface area contributed by atoms with E-state index in [0.717, 1.165) is 61.0 Å². The summed E-state index contributed by atoms with van der Waals surface area (Å²) in [6, 6.07) is 4.02. The van der Waals surface area contributed by atoms with Crippen LogP contribution in [0.2, 0.25) is 4.34 Å². The van der Waals surface area contributed by atoms with Gasteiger partial charge in [-0.2, -0.15) is 0 Å². The molecular formula is C17H26ClIN6S. The number of hydrogen-bond donors (Lipinski definition) is 1. The van der Waals surface area contributed by atoms with Crippen molar-refractivity contribution in [3.63, 3.8) is 0 Å². The Morgan fingerprint density at radius 3 is 2.96 bits per heavy atom. The molecule has 0 aliphatic carbocycles. The van der Waals surface area contributed by atoms with Crippen molar-refractivity contribution in [2.24, 2.45) is 10.9 Å². The summed E-state index contributed by atoms with van der Waals surface area (Å²) in [4.78, 5) is 8.27. The van der Waals surface area contributed by atoms with Crippen molar-refractivity contribution >= 4 is 52.9 Å². The smallest absolute Gasteiger partial charge is 0.193 e. The molecule has 26 heavy (non-hydrogen) atoms. The Balaban J connectivity index is 0.00000243. The van der Waals surface area contributed by atoms with Crippen LogP contribution in [0.1, 0.15) is 29.9 Å². The fourth-order valence-electron chi connectivity index (χ4n) is 3.11. The monoisotopic (exact) mass is 508 g/mol. The van der Waals surface area contributed by atoms with Gasteiger partial charge in [0.2, 0.25) is 0 Å². The Morgan fingerprint density at radius 1 is 1.46 bits per heavy atom. The molecule has 1 aliphatic rings. The fraction of sp³-hybridized carbons (Fsp3) is 0.588. The summed E-state index contributed by atoms with van der Waals surface area (Å²) in [5.74, 6) is 3.58. The number of aromatic nitrogens is 3. The molecule has 0 saturated carbocycles. The van der Waals surface area contributed by atoms with E-state index in [1.54, 1.807) is 11.3 Å². The largest absolute Gasteiger partial charge is 0.357 e. The van der Waals surface area contributed by atoms with Crippen LogP contribution in [0.3, 0.4) is 0 Å². The molecule has 0 bridgehead atoms. The minimum atomic E-state index is 0. The summed E-state index contributed by atoms with van der Waals surface area (Å²) in [7, 11) is 2.07. The third-order valence-electron chi connectivity index (χ3n) is 4.45. The minimum absolute atomic E-state index is 0. The van der Waals surface area contributed by atoms with Gasteiger partial charge in [-0.15, -0.1) is 45.5 Å². The zero-order valence-electron chi connectivity index (χ0n) is 15.4. The topological polar surface area (TPSA) is 58.3 Å². The number of nitrogens with zero attached hydrogens (tertiary/aromatic N) is 5. The van der Waals surface area contributed by atoms with E-state index in [4.69, 9.17) is 16.6 Å². The standard InChI is InChI=1S/C17H25ClN6S.HI/c1-4-19-17(23(3)11-14-6-7-15(18)25-14)20-9-13-5-8-16-22-21-12(2)24(16)10-13;/h6-7,13H,4-5,8-11H2,1-3H3,(H,19,20);1H. The number of fused-ring (bicyclic) bond motifs is 1. The lowest BCUT2D eigenvalue weighted by Crippen LogP contribution is -2.39.